The Hall–Kier alpha value is -1.81. The Kier molecular flexibility index (Phi) is 12.3. The number of aliphatic hydroxyl groups excluding tert-OH is 1. The van der Waals surface area contributed by atoms with E-state index in [-0.39, 0.29) is 24.8 Å². The summed E-state index contributed by atoms with van der Waals surface area (Å²) >= 11 is 0. The lowest BCUT2D eigenvalue weighted by Crippen LogP contribution is -2.38. The first kappa shape index (κ1) is 24.5. The molecular formula is C26H41NO3. The second-order valence-electron chi connectivity index (χ2n) is 8.46. The van der Waals surface area contributed by atoms with Crippen LogP contribution in [0.4, 0.5) is 4.79 Å². The minimum absolute atomic E-state index is 0.0912. The number of carbonyl (C=O) groups is 1. The molecule has 1 aliphatic rings. The monoisotopic (exact) mass is 415 g/mol. The van der Waals surface area contributed by atoms with Crippen molar-refractivity contribution in [3.05, 3.63) is 48.0 Å². The molecule has 4 nitrogen and oxygen atoms in total. The lowest BCUT2D eigenvalue weighted by atomic mass is 10.0. The van der Waals surface area contributed by atoms with Crippen molar-refractivity contribution in [3.8, 4) is 0 Å². The Morgan fingerprint density at radius 3 is 2.13 bits per heavy atom. The third kappa shape index (κ3) is 8.91. The number of nitrogens with zero attached hydrogens (tertiary/aromatic N) is 1. The molecule has 2 rings (SSSR count). The summed E-state index contributed by atoms with van der Waals surface area (Å²) in [5, 5.41) is 9.80. The van der Waals surface area contributed by atoms with Gasteiger partial charge in [0.25, 0.3) is 0 Å². The summed E-state index contributed by atoms with van der Waals surface area (Å²) in [4.78, 5) is 13.9. The predicted octanol–water partition coefficient (Wildman–Crippen LogP) is 6.63. The van der Waals surface area contributed by atoms with E-state index in [1.807, 2.05) is 36.4 Å². The van der Waals surface area contributed by atoms with Crippen molar-refractivity contribution in [2.24, 2.45) is 0 Å². The Morgan fingerprint density at radius 1 is 0.933 bits per heavy atom. The molecule has 0 saturated carbocycles. The van der Waals surface area contributed by atoms with Crippen LogP contribution in [0.3, 0.4) is 0 Å². The van der Waals surface area contributed by atoms with Gasteiger partial charge in [-0.2, -0.15) is 0 Å². The van der Waals surface area contributed by atoms with Gasteiger partial charge < -0.3 is 9.84 Å². The topological polar surface area (TPSA) is 49.8 Å². The van der Waals surface area contributed by atoms with Gasteiger partial charge in [-0.25, -0.2) is 4.79 Å². The van der Waals surface area contributed by atoms with Gasteiger partial charge in [0.15, 0.2) is 0 Å². The maximum Gasteiger partial charge on any atom is 0.411 e. The van der Waals surface area contributed by atoms with Crippen molar-refractivity contribution < 1.29 is 14.6 Å². The first-order chi connectivity index (χ1) is 14.8. The van der Waals surface area contributed by atoms with Gasteiger partial charge in [0.05, 0.1) is 12.6 Å². The highest BCUT2D eigenvalue weighted by atomic mass is 16.6. The third-order valence-electron chi connectivity index (χ3n) is 5.93. The number of unbranched alkanes of at least 4 members (excludes halogenated alkanes) is 11. The molecular weight excluding hydrogens is 374 g/mol. The summed E-state index contributed by atoms with van der Waals surface area (Å²) < 4.78 is 5.50. The van der Waals surface area contributed by atoms with Crippen LogP contribution in [-0.2, 0) is 11.3 Å². The van der Waals surface area contributed by atoms with Crippen LogP contribution in [0.2, 0.25) is 0 Å². The Bertz CT molecular complexity index is 602. The van der Waals surface area contributed by atoms with E-state index < -0.39 is 0 Å². The predicted molar refractivity (Wildman–Crippen MR) is 123 cm³/mol. The van der Waals surface area contributed by atoms with E-state index in [2.05, 4.69) is 13.0 Å². The molecule has 2 atom stereocenters. The second-order valence-corrected chi connectivity index (χ2v) is 8.46. The molecule has 1 N–H and O–H groups in total. The molecule has 0 spiro atoms. The van der Waals surface area contributed by atoms with Gasteiger partial charge in [-0.05, 0) is 24.5 Å². The number of allylic oxidation sites excluding steroid dienone is 1. The van der Waals surface area contributed by atoms with Crippen molar-refractivity contribution in [1.29, 1.82) is 0 Å². The highest BCUT2D eigenvalue weighted by Crippen LogP contribution is 2.23. The van der Waals surface area contributed by atoms with Gasteiger partial charge in [0.1, 0.15) is 6.10 Å². The molecule has 0 unspecified atom stereocenters. The molecule has 4 heteroatoms. The van der Waals surface area contributed by atoms with Crippen LogP contribution in [0.25, 0.3) is 0 Å². The number of hydrogen-bond donors (Lipinski definition) is 1. The fourth-order valence-electron chi connectivity index (χ4n) is 4.06. The fraction of sp³-hybridized carbons (Fsp3) is 0.654. The zero-order valence-electron chi connectivity index (χ0n) is 18.8. The average Bonchev–Trinajstić information content (AvgIpc) is 3.06. The molecule has 1 aromatic carbocycles. The van der Waals surface area contributed by atoms with Crippen molar-refractivity contribution in [3.63, 3.8) is 0 Å². The SMILES string of the molecule is CCCCCCCCCCCCC/C=C/[C@H]1OC(=O)N(Cc2ccccc2)[C@H]1CO. The molecule has 0 aromatic heterocycles. The first-order valence-corrected chi connectivity index (χ1v) is 12.0. The molecule has 1 saturated heterocycles. The Labute approximate surface area is 183 Å². The van der Waals surface area contributed by atoms with E-state index in [1.165, 1.54) is 70.6 Å². The van der Waals surface area contributed by atoms with Gasteiger partial charge in [-0.3, -0.25) is 4.90 Å². The Balaban J connectivity index is 1.58. The standard InChI is InChI=1S/C26H41NO3/c1-2-3-4-5-6-7-8-9-10-11-12-13-17-20-25-24(22-28)27(26(29)30-25)21-23-18-15-14-16-19-23/h14-20,24-25,28H,2-13,21-22H2,1H3/b20-17+/t24-,25+/m0/s1. The molecule has 1 aliphatic heterocycles. The van der Waals surface area contributed by atoms with E-state index in [0.717, 1.165) is 12.0 Å². The second kappa shape index (κ2) is 15.1. The van der Waals surface area contributed by atoms with E-state index >= 15 is 0 Å². The number of carbonyl (C=O) groups excluding carboxylic acids is 1. The summed E-state index contributed by atoms with van der Waals surface area (Å²) in [5.74, 6) is 0. The largest absolute Gasteiger partial charge is 0.440 e. The van der Waals surface area contributed by atoms with Crippen LogP contribution in [0.1, 0.15) is 89.5 Å². The Morgan fingerprint density at radius 2 is 1.53 bits per heavy atom. The molecule has 30 heavy (non-hydrogen) atoms. The summed E-state index contributed by atoms with van der Waals surface area (Å²) in [7, 11) is 0. The zero-order chi connectivity index (χ0) is 21.4. The molecule has 0 radical (unpaired) electrons. The van der Waals surface area contributed by atoms with Crippen molar-refractivity contribution >= 4 is 6.09 Å². The lowest BCUT2D eigenvalue weighted by molar-refractivity contribution is 0.143. The molecule has 1 aromatic rings. The van der Waals surface area contributed by atoms with Crippen molar-refractivity contribution in [1.82, 2.24) is 4.90 Å². The van der Waals surface area contributed by atoms with E-state index in [1.54, 1.807) is 4.90 Å². The molecule has 1 amide bonds. The van der Waals surface area contributed by atoms with E-state index in [9.17, 15) is 9.90 Å². The van der Waals surface area contributed by atoms with Gasteiger partial charge >= 0.3 is 6.09 Å². The molecule has 168 valence electrons. The van der Waals surface area contributed by atoms with Crippen LogP contribution in [0.15, 0.2) is 42.5 Å². The minimum Gasteiger partial charge on any atom is -0.440 e. The third-order valence-corrected chi connectivity index (χ3v) is 5.93. The number of ether oxygens (including phenoxy) is 1. The van der Waals surface area contributed by atoms with Gasteiger partial charge in [-0.15, -0.1) is 0 Å². The highest BCUT2D eigenvalue weighted by Gasteiger charge is 2.39. The number of hydrogen-bond acceptors (Lipinski definition) is 3. The van der Waals surface area contributed by atoms with Crippen LogP contribution in [0, 0.1) is 0 Å². The fourth-order valence-corrected chi connectivity index (χ4v) is 4.06. The first-order valence-electron chi connectivity index (χ1n) is 12.0. The molecule has 0 bridgehead atoms. The smallest absolute Gasteiger partial charge is 0.411 e. The molecule has 1 heterocycles. The maximum atomic E-state index is 12.3. The summed E-state index contributed by atoms with van der Waals surface area (Å²) in [5.41, 5.74) is 1.04. The van der Waals surface area contributed by atoms with Crippen LogP contribution in [-0.4, -0.2) is 34.9 Å². The normalized spacial score (nSPS) is 19.0. The average molecular weight is 416 g/mol. The lowest BCUT2D eigenvalue weighted by Gasteiger charge is -2.21. The maximum absolute atomic E-state index is 12.3. The quantitative estimate of drug-likeness (QED) is 0.244. The van der Waals surface area contributed by atoms with Gasteiger partial charge in [0.2, 0.25) is 0 Å². The van der Waals surface area contributed by atoms with Crippen LogP contribution >= 0.6 is 0 Å². The number of cyclic esters (lactones) is 1. The summed E-state index contributed by atoms with van der Waals surface area (Å²) in [6.45, 7) is 2.64. The minimum atomic E-state index is -0.362. The molecule has 0 aliphatic carbocycles. The number of rotatable bonds is 16. The highest BCUT2D eigenvalue weighted by molar-refractivity contribution is 5.71. The van der Waals surface area contributed by atoms with Crippen molar-refractivity contribution in [2.75, 3.05) is 6.61 Å². The van der Waals surface area contributed by atoms with E-state index in [0.29, 0.717) is 6.54 Å². The molecule has 1 fully saturated rings. The van der Waals surface area contributed by atoms with Crippen molar-refractivity contribution in [2.45, 2.75) is 103 Å². The summed E-state index contributed by atoms with van der Waals surface area (Å²) in [6, 6.07) is 9.52. The van der Waals surface area contributed by atoms with E-state index in [4.69, 9.17) is 4.74 Å². The number of aliphatic hydroxyl groups is 1. The van der Waals surface area contributed by atoms with Gasteiger partial charge in [0, 0.05) is 6.54 Å². The van der Waals surface area contributed by atoms with Gasteiger partial charge in [-0.1, -0.05) is 108 Å². The van der Waals surface area contributed by atoms with Crippen LogP contribution < -0.4 is 0 Å². The number of amides is 1. The summed E-state index contributed by atoms with van der Waals surface area (Å²) in [6.07, 6.45) is 19.1. The van der Waals surface area contributed by atoms with Crippen LogP contribution in [0.5, 0.6) is 0 Å². The zero-order valence-corrected chi connectivity index (χ0v) is 18.8. The number of benzene rings is 1.